The van der Waals surface area contributed by atoms with Crippen molar-refractivity contribution in [3.8, 4) is 0 Å². The maximum atomic E-state index is 13.5. The van der Waals surface area contributed by atoms with Crippen molar-refractivity contribution < 1.29 is 49.8 Å². The smallest absolute Gasteiger partial charge is 0.456 e. The molecule has 0 bridgehead atoms. The van der Waals surface area contributed by atoms with Gasteiger partial charge in [0.05, 0.1) is 5.56 Å². The Labute approximate surface area is 181 Å². The number of carbonyl (C=O) groups is 2. The van der Waals surface area contributed by atoms with Gasteiger partial charge < -0.3 is 9.47 Å². The molecule has 2 rings (SSSR count). The summed E-state index contributed by atoms with van der Waals surface area (Å²) in [5.41, 5.74) is 0.588. The van der Waals surface area contributed by atoms with Gasteiger partial charge in [-0.05, 0) is 31.2 Å². The molecule has 0 radical (unpaired) electrons. The number of alkyl halides is 7. The minimum absolute atomic E-state index is 0.0451. The van der Waals surface area contributed by atoms with Crippen LogP contribution in [-0.4, -0.2) is 36.6 Å². The molecule has 0 heterocycles. The van der Waals surface area contributed by atoms with Crippen LogP contribution in [0, 0.1) is 6.92 Å². The van der Waals surface area contributed by atoms with Crippen molar-refractivity contribution in [2.24, 2.45) is 0 Å². The summed E-state index contributed by atoms with van der Waals surface area (Å²) in [6.45, 7) is -0.885. The standard InChI is InChI=1S/C20H14ClF7O4/c1-11-2-4-13(5-3-11)16(29)32-15(12-6-8-14(21)9-7-12)17(30)31-10-18(22,23)19(24,25)20(26,27)28/h2-9,15H,10H2,1H3. The number of rotatable bonds is 7. The number of benzene rings is 2. The van der Waals surface area contributed by atoms with E-state index in [-0.39, 0.29) is 16.1 Å². The average molecular weight is 487 g/mol. The van der Waals surface area contributed by atoms with E-state index in [1.165, 1.54) is 36.4 Å². The van der Waals surface area contributed by atoms with Crippen LogP contribution in [0.25, 0.3) is 0 Å². The van der Waals surface area contributed by atoms with Crippen LogP contribution < -0.4 is 0 Å². The highest BCUT2D eigenvalue weighted by atomic mass is 35.5. The minimum Gasteiger partial charge on any atom is -0.456 e. The Morgan fingerprint density at radius 3 is 1.94 bits per heavy atom. The molecule has 0 spiro atoms. The summed E-state index contributed by atoms with van der Waals surface area (Å²) in [6, 6.07) is 10.5. The van der Waals surface area contributed by atoms with Crippen LogP contribution in [0.3, 0.4) is 0 Å². The lowest BCUT2D eigenvalue weighted by molar-refractivity contribution is -0.360. The van der Waals surface area contributed by atoms with E-state index in [0.717, 1.165) is 17.7 Å². The van der Waals surface area contributed by atoms with Gasteiger partial charge in [0, 0.05) is 10.6 Å². The fourth-order valence-electron chi connectivity index (χ4n) is 2.29. The summed E-state index contributed by atoms with van der Waals surface area (Å²) in [5.74, 6) is -15.1. The molecule has 0 aliphatic heterocycles. The lowest BCUT2D eigenvalue weighted by Gasteiger charge is -2.28. The Morgan fingerprint density at radius 1 is 0.906 bits per heavy atom. The molecule has 2 aromatic carbocycles. The molecule has 4 nitrogen and oxygen atoms in total. The highest BCUT2D eigenvalue weighted by Crippen LogP contribution is 2.46. The van der Waals surface area contributed by atoms with Gasteiger partial charge in [0.2, 0.25) is 6.10 Å². The highest BCUT2D eigenvalue weighted by Gasteiger charge is 2.73. The van der Waals surface area contributed by atoms with Gasteiger partial charge in [-0.15, -0.1) is 0 Å². The molecule has 0 aliphatic rings. The van der Waals surface area contributed by atoms with E-state index in [4.69, 9.17) is 16.3 Å². The topological polar surface area (TPSA) is 52.6 Å². The van der Waals surface area contributed by atoms with Gasteiger partial charge in [0.15, 0.2) is 6.61 Å². The van der Waals surface area contributed by atoms with E-state index in [1.807, 2.05) is 0 Å². The van der Waals surface area contributed by atoms with Crippen molar-refractivity contribution in [1.82, 2.24) is 0 Å². The summed E-state index contributed by atoms with van der Waals surface area (Å²) in [5, 5.41) is 0.182. The molecule has 0 fully saturated rings. The average Bonchev–Trinajstić information content (AvgIpc) is 2.70. The van der Waals surface area contributed by atoms with E-state index < -0.39 is 42.7 Å². The van der Waals surface area contributed by atoms with Crippen molar-refractivity contribution in [2.75, 3.05) is 6.61 Å². The second-order valence-electron chi connectivity index (χ2n) is 6.59. The normalized spacial score (nSPS) is 13.4. The summed E-state index contributed by atoms with van der Waals surface area (Å²) in [4.78, 5) is 24.6. The van der Waals surface area contributed by atoms with Crippen LogP contribution in [0.4, 0.5) is 30.7 Å². The zero-order chi connectivity index (χ0) is 24.3. The predicted octanol–water partition coefficient (Wildman–Crippen LogP) is 5.92. The van der Waals surface area contributed by atoms with Crippen molar-refractivity contribution >= 4 is 23.5 Å². The van der Waals surface area contributed by atoms with Gasteiger partial charge in [-0.2, -0.15) is 30.7 Å². The number of hydrogen-bond acceptors (Lipinski definition) is 4. The number of halogens is 8. The van der Waals surface area contributed by atoms with Crippen molar-refractivity contribution in [2.45, 2.75) is 31.0 Å². The SMILES string of the molecule is Cc1ccc(C(=O)OC(C(=O)OCC(F)(F)C(F)(F)C(F)(F)F)c2ccc(Cl)cc2)cc1. The highest BCUT2D eigenvalue weighted by molar-refractivity contribution is 6.30. The van der Waals surface area contributed by atoms with Crippen LogP contribution in [-0.2, 0) is 14.3 Å². The number of ether oxygens (including phenoxy) is 2. The predicted molar refractivity (Wildman–Crippen MR) is 97.7 cm³/mol. The fraction of sp³-hybridized carbons (Fsp3) is 0.300. The molecule has 0 aliphatic carbocycles. The van der Waals surface area contributed by atoms with Crippen LogP contribution >= 0.6 is 11.6 Å². The molecule has 0 N–H and O–H groups in total. The molecule has 1 unspecified atom stereocenters. The first-order valence-corrected chi connectivity index (χ1v) is 9.05. The summed E-state index contributed by atoms with van der Waals surface area (Å²) in [6.07, 6.45) is -8.63. The Morgan fingerprint density at radius 2 is 1.44 bits per heavy atom. The van der Waals surface area contributed by atoms with E-state index in [2.05, 4.69) is 4.74 Å². The van der Waals surface area contributed by atoms with Crippen LogP contribution in [0.15, 0.2) is 48.5 Å². The fourth-order valence-corrected chi connectivity index (χ4v) is 2.42. The van der Waals surface area contributed by atoms with E-state index in [9.17, 15) is 40.3 Å². The molecule has 174 valence electrons. The van der Waals surface area contributed by atoms with Crippen molar-refractivity contribution in [1.29, 1.82) is 0 Å². The van der Waals surface area contributed by atoms with Gasteiger partial charge >= 0.3 is 30.0 Å². The Balaban J connectivity index is 2.25. The zero-order valence-electron chi connectivity index (χ0n) is 16.1. The quantitative estimate of drug-likeness (QED) is 0.360. The third-order valence-electron chi connectivity index (χ3n) is 4.11. The first kappa shape index (κ1) is 25.4. The second-order valence-corrected chi connectivity index (χ2v) is 7.02. The molecular weight excluding hydrogens is 473 g/mol. The lowest BCUT2D eigenvalue weighted by Crippen LogP contribution is -2.54. The zero-order valence-corrected chi connectivity index (χ0v) is 16.8. The maximum Gasteiger partial charge on any atom is 0.460 e. The molecule has 0 amide bonds. The number of hydrogen-bond donors (Lipinski definition) is 0. The third kappa shape index (κ3) is 5.70. The number of aryl methyl sites for hydroxylation is 1. The van der Waals surface area contributed by atoms with Gasteiger partial charge in [0.25, 0.3) is 0 Å². The van der Waals surface area contributed by atoms with Gasteiger partial charge in [0.1, 0.15) is 0 Å². The number of esters is 2. The van der Waals surface area contributed by atoms with E-state index in [0.29, 0.717) is 0 Å². The molecule has 2 aromatic rings. The number of carbonyl (C=O) groups excluding carboxylic acids is 2. The third-order valence-corrected chi connectivity index (χ3v) is 4.36. The van der Waals surface area contributed by atoms with Crippen LogP contribution in [0.2, 0.25) is 5.02 Å². The van der Waals surface area contributed by atoms with Crippen molar-refractivity contribution in [3.05, 3.63) is 70.2 Å². The Kier molecular flexibility index (Phi) is 7.44. The van der Waals surface area contributed by atoms with E-state index in [1.54, 1.807) is 6.92 Å². The molecule has 0 saturated heterocycles. The Bertz CT molecular complexity index is 957. The van der Waals surface area contributed by atoms with Crippen LogP contribution in [0.1, 0.15) is 27.6 Å². The molecule has 32 heavy (non-hydrogen) atoms. The second kappa shape index (κ2) is 9.35. The molecule has 1 atom stereocenters. The maximum absolute atomic E-state index is 13.5. The monoisotopic (exact) mass is 486 g/mol. The summed E-state index contributed by atoms with van der Waals surface area (Å²) >= 11 is 5.71. The minimum atomic E-state index is -6.59. The van der Waals surface area contributed by atoms with Crippen molar-refractivity contribution in [3.63, 3.8) is 0 Å². The van der Waals surface area contributed by atoms with Gasteiger partial charge in [-0.25, -0.2) is 9.59 Å². The first-order valence-electron chi connectivity index (χ1n) is 8.68. The first-order chi connectivity index (χ1) is 14.7. The van der Waals surface area contributed by atoms with Gasteiger partial charge in [-0.1, -0.05) is 41.4 Å². The lowest BCUT2D eigenvalue weighted by atomic mass is 10.1. The summed E-state index contributed by atoms with van der Waals surface area (Å²) in [7, 11) is 0. The molecular formula is C20H14ClF7O4. The van der Waals surface area contributed by atoms with Crippen LogP contribution in [0.5, 0.6) is 0 Å². The molecule has 0 aromatic heterocycles. The largest absolute Gasteiger partial charge is 0.460 e. The van der Waals surface area contributed by atoms with E-state index >= 15 is 0 Å². The summed E-state index contributed by atoms with van der Waals surface area (Å²) < 4.78 is 98.7. The Hall–Kier alpha value is -2.82. The van der Waals surface area contributed by atoms with Gasteiger partial charge in [-0.3, -0.25) is 0 Å². The molecule has 0 saturated carbocycles. The molecule has 12 heteroatoms.